The van der Waals surface area contributed by atoms with Crippen molar-refractivity contribution in [2.45, 2.75) is 26.4 Å². The van der Waals surface area contributed by atoms with Crippen LogP contribution in [-0.2, 0) is 6.54 Å². The zero-order chi connectivity index (χ0) is 12.3. The second kappa shape index (κ2) is 5.15. The third-order valence-corrected chi connectivity index (χ3v) is 2.80. The number of aryl methyl sites for hydroxylation is 1. The van der Waals surface area contributed by atoms with Gasteiger partial charge < -0.3 is 9.73 Å². The second-order valence-corrected chi connectivity index (χ2v) is 4.20. The monoisotopic (exact) mass is 233 g/mol. The molecule has 0 bridgehead atoms. The zero-order valence-corrected chi connectivity index (χ0v) is 10.0. The lowest BCUT2D eigenvalue weighted by Crippen LogP contribution is -2.17. The number of hydrogen-bond acceptors (Lipinski definition) is 2. The van der Waals surface area contributed by atoms with Crippen LogP contribution in [0.2, 0.25) is 0 Å². The highest BCUT2D eigenvalue weighted by molar-refractivity contribution is 5.23. The van der Waals surface area contributed by atoms with Crippen molar-refractivity contribution < 1.29 is 8.81 Å². The van der Waals surface area contributed by atoms with Crippen LogP contribution in [0.25, 0.3) is 0 Å². The first-order chi connectivity index (χ1) is 8.16. The van der Waals surface area contributed by atoms with E-state index in [1.165, 1.54) is 6.07 Å². The zero-order valence-electron chi connectivity index (χ0n) is 10.0. The first-order valence-corrected chi connectivity index (χ1v) is 5.68. The van der Waals surface area contributed by atoms with Gasteiger partial charge in [0, 0.05) is 6.54 Å². The maximum Gasteiger partial charge on any atom is 0.126 e. The van der Waals surface area contributed by atoms with E-state index < -0.39 is 0 Å². The molecule has 0 aliphatic carbocycles. The van der Waals surface area contributed by atoms with Crippen LogP contribution in [-0.4, -0.2) is 0 Å². The Balaban J connectivity index is 1.96. The van der Waals surface area contributed by atoms with Gasteiger partial charge in [0.15, 0.2) is 0 Å². The normalized spacial score (nSPS) is 12.6. The number of halogens is 1. The fourth-order valence-electron chi connectivity index (χ4n) is 1.73. The third-order valence-electron chi connectivity index (χ3n) is 2.80. The van der Waals surface area contributed by atoms with Gasteiger partial charge in [-0.15, -0.1) is 0 Å². The van der Waals surface area contributed by atoms with E-state index in [0.717, 1.165) is 11.3 Å². The van der Waals surface area contributed by atoms with Crippen molar-refractivity contribution in [1.29, 1.82) is 0 Å². The Morgan fingerprint density at radius 3 is 2.82 bits per heavy atom. The third kappa shape index (κ3) is 2.94. The molecule has 1 atom stereocenters. The first-order valence-electron chi connectivity index (χ1n) is 5.68. The Morgan fingerprint density at radius 2 is 2.18 bits per heavy atom. The molecule has 2 nitrogen and oxygen atoms in total. The molecule has 0 amide bonds. The molecule has 0 saturated carbocycles. The van der Waals surface area contributed by atoms with Gasteiger partial charge in [-0.25, -0.2) is 4.39 Å². The summed E-state index contributed by atoms with van der Waals surface area (Å²) >= 11 is 0. The lowest BCUT2D eigenvalue weighted by Gasteiger charge is -2.11. The second-order valence-electron chi connectivity index (χ2n) is 4.20. The molecule has 2 aromatic rings. The number of benzene rings is 1. The molecule has 0 radical (unpaired) electrons. The molecular formula is C14H16FNO. The summed E-state index contributed by atoms with van der Waals surface area (Å²) in [5.74, 6) is 0.747. The molecule has 0 saturated heterocycles. The summed E-state index contributed by atoms with van der Waals surface area (Å²) < 4.78 is 18.4. The van der Waals surface area contributed by atoms with Crippen LogP contribution in [0.5, 0.6) is 0 Å². The molecule has 90 valence electrons. The predicted molar refractivity (Wildman–Crippen MR) is 65.1 cm³/mol. The van der Waals surface area contributed by atoms with Gasteiger partial charge in [0.1, 0.15) is 11.6 Å². The molecule has 0 spiro atoms. The van der Waals surface area contributed by atoms with Gasteiger partial charge in [0.05, 0.1) is 12.3 Å². The van der Waals surface area contributed by atoms with E-state index in [2.05, 4.69) is 5.32 Å². The highest BCUT2D eigenvalue weighted by Crippen LogP contribution is 2.14. The van der Waals surface area contributed by atoms with Gasteiger partial charge in [-0.3, -0.25) is 0 Å². The van der Waals surface area contributed by atoms with Gasteiger partial charge in [-0.05, 0) is 43.2 Å². The minimum absolute atomic E-state index is 0.148. The van der Waals surface area contributed by atoms with Crippen LogP contribution in [0.15, 0.2) is 41.0 Å². The molecule has 3 heteroatoms. The summed E-state index contributed by atoms with van der Waals surface area (Å²) in [4.78, 5) is 0. The van der Waals surface area contributed by atoms with Gasteiger partial charge in [-0.2, -0.15) is 0 Å². The predicted octanol–water partition coefficient (Wildman–Crippen LogP) is 3.58. The lowest BCUT2D eigenvalue weighted by molar-refractivity contribution is 0.430. The molecule has 0 aliphatic rings. The topological polar surface area (TPSA) is 25.2 Å². The largest absolute Gasteiger partial charge is 0.468 e. The van der Waals surface area contributed by atoms with Crippen molar-refractivity contribution in [1.82, 2.24) is 5.32 Å². The van der Waals surface area contributed by atoms with Crippen molar-refractivity contribution in [3.63, 3.8) is 0 Å². The highest BCUT2D eigenvalue weighted by Gasteiger charge is 2.07. The molecule has 1 heterocycles. The number of nitrogens with one attached hydrogen (secondary N) is 1. The molecule has 0 unspecified atom stereocenters. The van der Waals surface area contributed by atoms with E-state index in [-0.39, 0.29) is 11.9 Å². The average molecular weight is 233 g/mol. The van der Waals surface area contributed by atoms with Crippen molar-refractivity contribution in [3.05, 3.63) is 59.3 Å². The Bertz CT molecular complexity index is 479. The van der Waals surface area contributed by atoms with E-state index in [9.17, 15) is 4.39 Å². The highest BCUT2D eigenvalue weighted by atomic mass is 19.1. The standard InChI is InChI=1S/C14H16FNO/c1-10-8-12(5-6-13(10)15)9-16-11(2)14-4-3-7-17-14/h3-8,11,16H,9H2,1-2H3/t11-/m0/s1. The summed E-state index contributed by atoms with van der Waals surface area (Å²) in [7, 11) is 0. The maximum absolute atomic E-state index is 13.1. The maximum atomic E-state index is 13.1. The quantitative estimate of drug-likeness (QED) is 0.873. The van der Waals surface area contributed by atoms with E-state index in [1.54, 1.807) is 19.3 Å². The van der Waals surface area contributed by atoms with Crippen LogP contribution in [0.3, 0.4) is 0 Å². The minimum Gasteiger partial charge on any atom is -0.468 e. The van der Waals surface area contributed by atoms with E-state index >= 15 is 0 Å². The smallest absolute Gasteiger partial charge is 0.126 e. The van der Waals surface area contributed by atoms with Crippen LogP contribution >= 0.6 is 0 Å². The SMILES string of the molecule is Cc1cc(CN[C@@H](C)c2ccco2)ccc1F. The van der Waals surface area contributed by atoms with Crippen LogP contribution in [0, 0.1) is 12.7 Å². The fraction of sp³-hybridized carbons (Fsp3) is 0.286. The summed E-state index contributed by atoms with van der Waals surface area (Å²) in [6, 6.07) is 9.12. The number of furan rings is 1. The van der Waals surface area contributed by atoms with Crippen LogP contribution < -0.4 is 5.32 Å². The Hall–Kier alpha value is -1.61. The molecule has 0 aliphatic heterocycles. The molecule has 1 aromatic heterocycles. The molecule has 17 heavy (non-hydrogen) atoms. The molecule has 1 aromatic carbocycles. The van der Waals surface area contributed by atoms with Gasteiger partial charge in [0.25, 0.3) is 0 Å². The summed E-state index contributed by atoms with van der Waals surface area (Å²) in [5.41, 5.74) is 1.75. The Morgan fingerprint density at radius 1 is 1.35 bits per heavy atom. The minimum atomic E-state index is -0.159. The first kappa shape index (κ1) is 11.9. The fourth-order valence-corrected chi connectivity index (χ4v) is 1.73. The number of rotatable bonds is 4. The summed E-state index contributed by atoms with van der Waals surface area (Å²) in [5, 5.41) is 3.33. The van der Waals surface area contributed by atoms with Crippen molar-refractivity contribution in [2.24, 2.45) is 0 Å². The molecule has 1 N–H and O–H groups in total. The van der Waals surface area contributed by atoms with Crippen molar-refractivity contribution in [3.8, 4) is 0 Å². The van der Waals surface area contributed by atoms with E-state index in [1.807, 2.05) is 25.1 Å². The summed E-state index contributed by atoms with van der Waals surface area (Å²) in [6.07, 6.45) is 1.66. The van der Waals surface area contributed by atoms with Crippen LogP contribution in [0.1, 0.15) is 29.9 Å². The van der Waals surface area contributed by atoms with Crippen LogP contribution in [0.4, 0.5) is 4.39 Å². The van der Waals surface area contributed by atoms with Crippen molar-refractivity contribution >= 4 is 0 Å². The molecular weight excluding hydrogens is 217 g/mol. The lowest BCUT2D eigenvalue weighted by atomic mass is 10.1. The Kier molecular flexibility index (Phi) is 3.59. The Labute approximate surface area is 100 Å². The van der Waals surface area contributed by atoms with E-state index in [0.29, 0.717) is 12.1 Å². The van der Waals surface area contributed by atoms with Gasteiger partial charge in [-0.1, -0.05) is 12.1 Å². The van der Waals surface area contributed by atoms with E-state index in [4.69, 9.17) is 4.42 Å². The molecule has 0 fully saturated rings. The average Bonchev–Trinajstić information content (AvgIpc) is 2.84. The van der Waals surface area contributed by atoms with Crippen molar-refractivity contribution in [2.75, 3.05) is 0 Å². The number of hydrogen-bond donors (Lipinski definition) is 1. The van der Waals surface area contributed by atoms with Gasteiger partial charge in [0.2, 0.25) is 0 Å². The van der Waals surface area contributed by atoms with Gasteiger partial charge >= 0.3 is 0 Å². The molecule has 2 rings (SSSR count). The summed E-state index contributed by atoms with van der Waals surface area (Å²) in [6.45, 7) is 4.51.